The molecule has 0 heterocycles. The number of hydrogen-bond acceptors (Lipinski definition) is 1. The molecule has 0 aromatic heterocycles. The van der Waals surface area contributed by atoms with Crippen LogP contribution >= 0.6 is 23.2 Å². The minimum Gasteiger partial charge on any atom is -0.347 e. The zero-order valence-corrected chi connectivity index (χ0v) is 11.9. The maximum atomic E-state index is 13.3. The van der Waals surface area contributed by atoms with Crippen molar-refractivity contribution in [2.45, 2.75) is 32.2 Å². The average molecular weight is 292 g/mol. The predicted octanol–water partition coefficient (Wildman–Crippen LogP) is 4.01. The van der Waals surface area contributed by atoms with Crippen molar-refractivity contribution in [3.05, 3.63) is 34.6 Å². The van der Waals surface area contributed by atoms with Gasteiger partial charge in [-0.1, -0.05) is 18.5 Å². The SMILES string of the molecule is CCC(C)(CCCl)NC(=O)c1ccc(Cl)c(F)c1. The van der Waals surface area contributed by atoms with E-state index < -0.39 is 5.82 Å². The fourth-order valence-electron chi connectivity index (χ4n) is 1.52. The van der Waals surface area contributed by atoms with E-state index in [2.05, 4.69) is 5.32 Å². The number of amides is 1. The van der Waals surface area contributed by atoms with E-state index in [1.807, 2.05) is 13.8 Å². The van der Waals surface area contributed by atoms with Crippen LogP contribution in [0.25, 0.3) is 0 Å². The summed E-state index contributed by atoms with van der Waals surface area (Å²) in [5, 5.41) is 2.88. The first-order valence-corrected chi connectivity index (χ1v) is 6.66. The van der Waals surface area contributed by atoms with E-state index in [-0.39, 0.29) is 22.0 Å². The summed E-state index contributed by atoms with van der Waals surface area (Å²) >= 11 is 11.3. The Morgan fingerprint density at radius 1 is 1.50 bits per heavy atom. The molecule has 0 bridgehead atoms. The van der Waals surface area contributed by atoms with Crippen LogP contribution < -0.4 is 5.32 Å². The molecule has 1 aromatic rings. The van der Waals surface area contributed by atoms with Crippen molar-refractivity contribution >= 4 is 29.1 Å². The minimum atomic E-state index is -0.597. The lowest BCUT2D eigenvalue weighted by Gasteiger charge is -2.29. The lowest BCUT2D eigenvalue weighted by Crippen LogP contribution is -2.45. The highest BCUT2D eigenvalue weighted by atomic mass is 35.5. The van der Waals surface area contributed by atoms with Gasteiger partial charge in [0.05, 0.1) is 5.02 Å². The third-order valence-electron chi connectivity index (χ3n) is 3.02. The van der Waals surface area contributed by atoms with Crippen LogP contribution in [0.5, 0.6) is 0 Å². The molecule has 18 heavy (non-hydrogen) atoms. The fourth-order valence-corrected chi connectivity index (χ4v) is 2.05. The molecule has 1 N–H and O–H groups in total. The van der Waals surface area contributed by atoms with Gasteiger partial charge in [0.2, 0.25) is 0 Å². The van der Waals surface area contributed by atoms with Gasteiger partial charge in [0.25, 0.3) is 5.91 Å². The number of alkyl halides is 1. The Morgan fingerprint density at radius 3 is 2.67 bits per heavy atom. The van der Waals surface area contributed by atoms with Gasteiger partial charge in [-0.15, -0.1) is 11.6 Å². The second kappa shape index (κ2) is 6.39. The maximum Gasteiger partial charge on any atom is 0.251 e. The topological polar surface area (TPSA) is 29.1 Å². The van der Waals surface area contributed by atoms with E-state index in [4.69, 9.17) is 23.2 Å². The summed E-state index contributed by atoms with van der Waals surface area (Å²) in [6.07, 6.45) is 1.41. The van der Waals surface area contributed by atoms with Crippen LogP contribution in [0, 0.1) is 5.82 Å². The predicted molar refractivity (Wildman–Crippen MR) is 72.9 cm³/mol. The van der Waals surface area contributed by atoms with Crippen LogP contribution in [-0.4, -0.2) is 17.3 Å². The molecule has 0 radical (unpaired) electrons. The number of benzene rings is 1. The van der Waals surface area contributed by atoms with Crippen molar-refractivity contribution in [2.75, 3.05) is 5.88 Å². The average Bonchev–Trinajstić information content (AvgIpc) is 2.32. The molecule has 1 rings (SSSR count). The maximum absolute atomic E-state index is 13.3. The van der Waals surface area contributed by atoms with Crippen LogP contribution in [-0.2, 0) is 0 Å². The lowest BCUT2D eigenvalue weighted by atomic mass is 9.95. The Morgan fingerprint density at radius 2 is 2.17 bits per heavy atom. The summed E-state index contributed by atoms with van der Waals surface area (Å²) in [6.45, 7) is 3.88. The summed E-state index contributed by atoms with van der Waals surface area (Å²) in [6, 6.07) is 4.00. The van der Waals surface area contributed by atoms with Crippen LogP contribution in [0.4, 0.5) is 4.39 Å². The molecule has 1 atom stereocenters. The first-order chi connectivity index (χ1) is 8.41. The van der Waals surface area contributed by atoms with Gasteiger partial charge in [-0.25, -0.2) is 4.39 Å². The molecule has 0 fully saturated rings. The van der Waals surface area contributed by atoms with Gasteiger partial charge in [-0.2, -0.15) is 0 Å². The van der Waals surface area contributed by atoms with Gasteiger partial charge < -0.3 is 5.32 Å². The van der Waals surface area contributed by atoms with E-state index in [0.717, 1.165) is 12.5 Å². The summed E-state index contributed by atoms with van der Waals surface area (Å²) < 4.78 is 13.3. The standard InChI is InChI=1S/C13H16Cl2FNO/c1-3-13(2,6-7-14)17-12(18)9-4-5-10(15)11(16)8-9/h4-5,8H,3,6-7H2,1-2H3,(H,17,18). The number of hydrogen-bond donors (Lipinski definition) is 1. The number of carbonyl (C=O) groups excluding carboxylic acids is 1. The van der Waals surface area contributed by atoms with Crippen LogP contribution in [0.15, 0.2) is 18.2 Å². The molecule has 0 aliphatic rings. The first kappa shape index (κ1) is 15.3. The molecule has 1 amide bonds. The largest absolute Gasteiger partial charge is 0.347 e. The second-order valence-corrected chi connectivity index (χ2v) is 5.22. The second-order valence-electron chi connectivity index (χ2n) is 4.44. The molecule has 1 unspecified atom stereocenters. The van der Waals surface area contributed by atoms with E-state index in [0.29, 0.717) is 12.3 Å². The van der Waals surface area contributed by atoms with Crippen molar-refractivity contribution < 1.29 is 9.18 Å². The third-order valence-corrected chi connectivity index (χ3v) is 3.52. The molecule has 2 nitrogen and oxygen atoms in total. The highest BCUT2D eigenvalue weighted by molar-refractivity contribution is 6.30. The Hall–Kier alpha value is -0.800. The van der Waals surface area contributed by atoms with Crippen molar-refractivity contribution in [1.82, 2.24) is 5.32 Å². The number of nitrogens with one attached hydrogen (secondary N) is 1. The number of rotatable bonds is 5. The Bertz CT molecular complexity index is 439. The van der Waals surface area contributed by atoms with Crippen molar-refractivity contribution in [3.63, 3.8) is 0 Å². The lowest BCUT2D eigenvalue weighted by molar-refractivity contribution is 0.0901. The van der Waals surface area contributed by atoms with E-state index in [1.54, 1.807) is 0 Å². The molecule has 1 aromatic carbocycles. The van der Waals surface area contributed by atoms with Gasteiger partial charge in [-0.05, 0) is 38.0 Å². The molecule has 5 heteroatoms. The molecular formula is C13H16Cl2FNO. The highest BCUT2D eigenvalue weighted by Crippen LogP contribution is 2.19. The van der Waals surface area contributed by atoms with Crippen molar-refractivity contribution in [3.8, 4) is 0 Å². The van der Waals surface area contributed by atoms with Gasteiger partial charge in [0.1, 0.15) is 5.82 Å². The zero-order valence-electron chi connectivity index (χ0n) is 10.4. The Balaban J connectivity index is 2.84. The molecule has 0 saturated heterocycles. The van der Waals surface area contributed by atoms with Crippen LogP contribution in [0.3, 0.4) is 0 Å². The third kappa shape index (κ3) is 3.85. The van der Waals surface area contributed by atoms with E-state index in [9.17, 15) is 9.18 Å². The van der Waals surface area contributed by atoms with Crippen molar-refractivity contribution in [2.24, 2.45) is 0 Å². The number of halogens is 3. The quantitative estimate of drug-likeness (QED) is 0.816. The summed E-state index contributed by atoms with van der Waals surface area (Å²) in [5.74, 6) is -0.459. The first-order valence-electron chi connectivity index (χ1n) is 5.75. The molecule has 0 aliphatic heterocycles. The normalized spacial score (nSPS) is 14.1. The van der Waals surface area contributed by atoms with Crippen molar-refractivity contribution in [1.29, 1.82) is 0 Å². The highest BCUT2D eigenvalue weighted by Gasteiger charge is 2.24. The van der Waals surface area contributed by atoms with E-state index in [1.165, 1.54) is 12.1 Å². The Labute approximate surface area is 116 Å². The van der Waals surface area contributed by atoms with Gasteiger partial charge in [0, 0.05) is 17.0 Å². The van der Waals surface area contributed by atoms with Gasteiger partial charge in [0.15, 0.2) is 0 Å². The molecule has 0 saturated carbocycles. The Kier molecular flexibility index (Phi) is 5.42. The summed E-state index contributed by atoms with van der Waals surface area (Å²) in [5.41, 5.74) is -0.124. The van der Waals surface area contributed by atoms with Gasteiger partial charge >= 0.3 is 0 Å². The summed E-state index contributed by atoms with van der Waals surface area (Å²) in [7, 11) is 0. The molecule has 0 spiro atoms. The molecule has 0 aliphatic carbocycles. The molecule has 100 valence electrons. The minimum absolute atomic E-state index is 0.00515. The molecular weight excluding hydrogens is 276 g/mol. The number of carbonyl (C=O) groups is 1. The van der Waals surface area contributed by atoms with Crippen LogP contribution in [0.1, 0.15) is 37.0 Å². The monoisotopic (exact) mass is 291 g/mol. The van der Waals surface area contributed by atoms with Gasteiger partial charge in [-0.3, -0.25) is 4.79 Å². The zero-order chi connectivity index (χ0) is 13.8. The fraction of sp³-hybridized carbons (Fsp3) is 0.462. The van der Waals surface area contributed by atoms with E-state index >= 15 is 0 Å². The smallest absolute Gasteiger partial charge is 0.251 e. The van der Waals surface area contributed by atoms with Crippen LogP contribution in [0.2, 0.25) is 5.02 Å². The summed E-state index contributed by atoms with van der Waals surface area (Å²) in [4.78, 5) is 12.0.